The number of ether oxygens (including phenoxy) is 3. The molecule has 1 aromatic heterocycles. The molecule has 0 amide bonds. The number of esters is 1. The molecule has 2 heterocycles. The first-order valence-electron chi connectivity index (χ1n) is 15.7. The highest BCUT2D eigenvalue weighted by atomic mass is 79.9. The zero-order valence-electron chi connectivity index (χ0n) is 27.8. The third-order valence-corrected chi connectivity index (χ3v) is 9.49. The predicted molar refractivity (Wildman–Crippen MR) is 191 cm³/mol. The first kappa shape index (κ1) is 36.1. The Morgan fingerprint density at radius 2 is 1.78 bits per heavy atom. The quantitative estimate of drug-likeness (QED) is 0.0832. The van der Waals surface area contributed by atoms with E-state index >= 15 is 0 Å². The summed E-state index contributed by atoms with van der Waals surface area (Å²) < 4.78 is 19.1. The summed E-state index contributed by atoms with van der Waals surface area (Å²) in [5, 5.41) is 22.9. The van der Waals surface area contributed by atoms with Crippen molar-refractivity contribution >= 4 is 50.7 Å². The molecule has 0 aliphatic carbocycles. The Morgan fingerprint density at radius 3 is 2.38 bits per heavy atom. The van der Waals surface area contributed by atoms with Gasteiger partial charge in [0.2, 0.25) is 5.75 Å². The number of hydrogen-bond acceptors (Lipinski definition) is 11. The van der Waals surface area contributed by atoms with E-state index in [9.17, 15) is 29.8 Å². The third kappa shape index (κ3) is 7.23. The van der Waals surface area contributed by atoms with Crippen LogP contribution in [0.25, 0.3) is 6.08 Å². The fraction of sp³-hybridized carbons (Fsp3) is 0.286. The Bertz CT molecular complexity index is 2210. The van der Waals surface area contributed by atoms with Crippen molar-refractivity contribution in [1.29, 1.82) is 0 Å². The molecule has 0 radical (unpaired) electrons. The predicted octanol–water partition coefficient (Wildman–Crippen LogP) is 7.08. The van der Waals surface area contributed by atoms with Crippen LogP contribution in [0.5, 0.6) is 17.2 Å². The van der Waals surface area contributed by atoms with Gasteiger partial charge in [-0.15, -0.1) is 0 Å². The van der Waals surface area contributed by atoms with Gasteiger partial charge in [0.1, 0.15) is 0 Å². The zero-order chi connectivity index (χ0) is 36.3. The smallest absolute Gasteiger partial charge is 0.338 e. The number of thiazole rings is 1. The molecule has 1 aliphatic rings. The first-order valence-corrected chi connectivity index (χ1v) is 17.3. The molecule has 260 valence electrons. The number of methoxy groups -OCH3 is 1. The lowest BCUT2D eigenvalue weighted by atomic mass is 9.92. The molecular formula is C35H33BrN4O9S. The van der Waals surface area contributed by atoms with Gasteiger partial charge in [-0.25, -0.2) is 9.79 Å². The van der Waals surface area contributed by atoms with Gasteiger partial charge in [0.15, 0.2) is 16.3 Å². The number of nitro benzene ring substituents is 2. The average Bonchev–Trinajstić information content (AvgIpc) is 3.38. The van der Waals surface area contributed by atoms with Crippen LogP contribution in [0.3, 0.4) is 0 Å². The lowest BCUT2D eigenvalue weighted by Gasteiger charge is -2.26. The zero-order valence-corrected chi connectivity index (χ0v) is 30.2. The van der Waals surface area contributed by atoms with Crippen molar-refractivity contribution in [2.75, 3.05) is 13.7 Å². The number of allylic oxidation sites excluding steroid dienone is 1. The molecule has 0 bridgehead atoms. The van der Waals surface area contributed by atoms with Crippen LogP contribution in [0.2, 0.25) is 0 Å². The summed E-state index contributed by atoms with van der Waals surface area (Å²) in [6, 6.07) is 13.4. The molecule has 0 saturated heterocycles. The van der Waals surface area contributed by atoms with Gasteiger partial charge in [0.05, 0.1) is 55.9 Å². The number of rotatable bonds is 12. The van der Waals surface area contributed by atoms with E-state index < -0.39 is 33.2 Å². The number of halogens is 1. The normalized spacial score (nSPS) is 14.3. The van der Waals surface area contributed by atoms with Gasteiger partial charge in [-0.3, -0.25) is 29.6 Å². The number of nitro groups is 2. The van der Waals surface area contributed by atoms with E-state index in [1.807, 2.05) is 31.2 Å². The Morgan fingerprint density at radius 1 is 1.06 bits per heavy atom. The van der Waals surface area contributed by atoms with E-state index in [0.29, 0.717) is 43.0 Å². The Balaban J connectivity index is 1.64. The van der Waals surface area contributed by atoms with Crippen LogP contribution in [0, 0.1) is 20.2 Å². The van der Waals surface area contributed by atoms with Gasteiger partial charge in [-0.1, -0.05) is 62.8 Å². The van der Waals surface area contributed by atoms with Gasteiger partial charge < -0.3 is 14.2 Å². The average molecular weight is 766 g/mol. The maximum absolute atomic E-state index is 14.2. The van der Waals surface area contributed by atoms with E-state index in [1.165, 1.54) is 23.0 Å². The number of benzene rings is 3. The second-order valence-corrected chi connectivity index (χ2v) is 13.4. The highest BCUT2D eigenvalue weighted by molar-refractivity contribution is 9.10. The minimum Gasteiger partial charge on any atom is -0.493 e. The van der Waals surface area contributed by atoms with Crippen molar-refractivity contribution in [2.45, 2.75) is 52.5 Å². The molecule has 1 aliphatic heterocycles. The lowest BCUT2D eigenvalue weighted by molar-refractivity contribution is -0.394. The number of fused-ring (bicyclic) bond motifs is 1. The maximum atomic E-state index is 14.2. The van der Waals surface area contributed by atoms with E-state index in [1.54, 1.807) is 25.1 Å². The van der Waals surface area contributed by atoms with E-state index in [0.717, 1.165) is 35.7 Å². The number of carbonyl (C=O) groups is 1. The fourth-order valence-electron chi connectivity index (χ4n) is 5.53. The van der Waals surface area contributed by atoms with Gasteiger partial charge in [-0.2, -0.15) is 0 Å². The van der Waals surface area contributed by atoms with Crippen LogP contribution in [0.4, 0.5) is 11.4 Å². The molecule has 13 nitrogen and oxygen atoms in total. The molecule has 15 heteroatoms. The fourth-order valence-corrected chi connectivity index (χ4v) is 7.09. The molecule has 0 fully saturated rings. The number of carbonyl (C=O) groups excluding carboxylic acids is 1. The first-order chi connectivity index (χ1) is 23.9. The summed E-state index contributed by atoms with van der Waals surface area (Å²) in [5.41, 5.74) is 1.88. The SMILES string of the molecule is CCCC1=C(C(=O)OCC)[C@H](c2ccc(C(C)C)cc2)n2c(s/c(=C\c3cc(Br)c(Oc4ccc([N+](=O)[O-])cc4[N+](=O)[O-])c(OC)c3)c2=O)=N1. The summed E-state index contributed by atoms with van der Waals surface area (Å²) in [6.07, 6.45) is 2.89. The largest absolute Gasteiger partial charge is 0.493 e. The van der Waals surface area contributed by atoms with Crippen LogP contribution in [-0.2, 0) is 9.53 Å². The molecule has 1 atom stereocenters. The molecule has 0 unspecified atom stereocenters. The Hall–Kier alpha value is -5.15. The van der Waals surface area contributed by atoms with E-state index in [-0.39, 0.29) is 29.4 Å². The summed E-state index contributed by atoms with van der Waals surface area (Å²) in [6.45, 7) is 8.07. The maximum Gasteiger partial charge on any atom is 0.338 e. The molecule has 50 heavy (non-hydrogen) atoms. The van der Waals surface area contributed by atoms with Gasteiger partial charge in [0, 0.05) is 6.07 Å². The molecular weight excluding hydrogens is 732 g/mol. The summed E-state index contributed by atoms with van der Waals surface area (Å²) >= 11 is 4.62. The van der Waals surface area contributed by atoms with Crippen LogP contribution >= 0.6 is 27.3 Å². The lowest BCUT2D eigenvalue weighted by Crippen LogP contribution is -2.40. The number of aromatic nitrogens is 1. The summed E-state index contributed by atoms with van der Waals surface area (Å²) in [5.74, 6) is -0.217. The van der Waals surface area contributed by atoms with Crippen molar-refractivity contribution in [1.82, 2.24) is 4.57 Å². The molecule has 0 saturated carbocycles. The number of hydrogen-bond donors (Lipinski definition) is 0. The van der Waals surface area contributed by atoms with Gasteiger partial charge in [-0.05, 0) is 76.2 Å². The number of non-ortho nitro benzene ring substituents is 1. The standard InChI is InChI=1S/C35H33BrN4O9S/c1-6-8-25-30(34(42)48-7-2)31(22-11-9-21(10-12-22)19(3)4)38-33(41)29(50-35(38)37-25)17-20-15-24(36)32(28(16-20)47-5)49-27-14-13-23(39(43)44)18-26(27)40(45)46/h9-19,31H,6-8H2,1-5H3/b29-17-/t31-/m0/s1. The van der Waals surface area contributed by atoms with Gasteiger partial charge >= 0.3 is 11.7 Å². The van der Waals surface area contributed by atoms with Crippen molar-refractivity contribution < 1.29 is 28.9 Å². The van der Waals surface area contributed by atoms with Crippen molar-refractivity contribution in [2.24, 2.45) is 4.99 Å². The third-order valence-electron chi connectivity index (χ3n) is 7.92. The monoisotopic (exact) mass is 764 g/mol. The number of nitrogens with zero attached hydrogens (tertiary/aromatic N) is 4. The highest BCUT2D eigenvalue weighted by Gasteiger charge is 2.34. The van der Waals surface area contributed by atoms with Crippen LogP contribution < -0.4 is 24.4 Å². The van der Waals surface area contributed by atoms with E-state index in [2.05, 4.69) is 29.8 Å². The van der Waals surface area contributed by atoms with Gasteiger partial charge in [0.25, 0.3) is 11.2 Å². The Kier molecular flexibility index (Phi) is 11.0. The van der Waals surface area contributed by atoms with Crippen molar-refractivity contribution in [3.8, 4) is 17.2 Å². The topological polar surface area (TPSA) is 165 Å². The summed E-state index contributed by atoms with van der Waals surface area (Å²) in [7, 11) is 1.38. The second-order valence-electron chi connectivity index (χ2n) is 11.5. The molecule has 0 spiro atoms. The molecule has 5 rings (SSSR count). The van der Waals surface area contributed by atoms with Crippen molar-refractivity contribution in [3.05, 3.63) is 127 Å². The van der Waals surface area contributed by atoms with E-state index in [4.69, 9.17) is 19.2 Å². The molecule has 3 aromatic carbocycles. The molecule has 0 N–H and O–H groups in total. The van der Waals surface area contributed by atoms with Crippen LogP contribution in [0.1, 0.15) is 69.2 Å². The van der Waals surface area contributed by atoms with Crippen LogP contribution in [-0.4, -0.2) is 34.1 Å². The summed E-state index contributed by atoms with van der Waals surface area (Å²) in [4.78, 5) is 54.3. The molecule has 4 aromatic rings. The van der Waals surface area contributed by atoms with Crippen LogP contribution in [0.15, 0.2) is 80.1 Å². The second kappa shape index (κ2) is 15.2. The Labute approximate surface area is 298 Å². The highest BCUT2D eigenvalue weighted by Crippen LogP contribution is 2.43. The minimum atomic E-state index is -0.776. The minimum absolute atomic E-state index is 0.0798. The van der Waals surface area contributed by atoms with Crippen molar-refractivity contribution in [3.63, 3.8) is 0 Å².